The van der Waals surface area contributed by atoms with E-state index in [1.807, 2.05) is 6.07 Å². The van der Waals surface area contributed by atoms with Crippen LogP contribution in [0.3, 0.4) is 0 Å². The molecular formula is C21H17N3O5S. The average Bonchev–Trinajstić information content (AvgIpc) is 3.32. The van der Waals surface area contributed by atoms with E-state index in [1.54, 1.807) is 56.0 Å². The number of benzene rings is 2. The van der Waals surface area contributed by atoms with Crippen LogP contribution in [-0.4, -0.2) is 48.4 Å². The molecule has 152 valence electrons. The first-order valence-electron chi connectivity index (χ1n) is 8.95. The molecule has 4 rings (SSSR count). The van der Waals surface area contributed by atoms with Gasteiger partial charge in [-0.2, -0.15) is 0 Å². The van der Waals surface area contributed by atoms with Crippen molar-refractivity contribution in [1.82, 2.24) is 9.88 Å². The molecule has 0 bridgehead atoms. The number of methoxy groups -OCH3 is 2. The topological polar surface area (TPSA) is 97.8 Å². The van der Waals surface area contributed by atoms with Gasteiger partial charge in [-0.15, -0.1) is 11.3 Å². The zero-order valence-electron chi connectivity index (χ0n) is 16.2. The summed E-state index contributed by atoms with van der Waals surface area (Å²) in [5, 5.41) is 4.77. The number of rotatable bonds is 6. The van der Waals surface area contributed by atoms with Crippen LogP contribution >= 0.6 is 11.3 Å². The van der Waals surface area contributed by atoms with E-state index in [1.165, 1.54) is 11.3 Å². The van der Waals surface area contributed by atoms with Gasteiger partial charge in [-0.25, -0.2) is 4.98 Å². The summed E-state index contributed by atoms with van der Waals surface area (Å²) in [6, 6.07) is 11.9. The maximum absolute atomic E-state index is 12.4. The monoisotopic (exact) mass is 423 g/mol. The number of hydrogen-bond donors (Lipinski definition) is 1. The number of carbonyl (C=O) groups is 3. The van der Waals surface area contributed by atoms with Crippen LogP contribution < -0.4 is 14.8 Å². The number of ether oxygens (including phenoxy) is 2. The first-order valence-corrected chi connectivity index (χ1v) is 9.82. The molecule has 0 atom stereocenters. The van der Waals surface area contributed by atoms with E-state index in [9.17, 15) is 14.4 Å². The largest absolute Gasteiger partial charge is 0.497 e. The fraction of sp³-hybridized carbons (Fsp3) is 0.143. The molecule has 0 saturated heterocycles. The lowest BCUT2D eigenvalue weighted by Crippen LogP contribution is -2.37. The van der Waals surface area contributed by atoms with Gasteiger partial charge in [-0.3, -0.25) is 19.3 Å². The van der Waals surface area contributed by atoms with Gasteiger partial charge >= 0.3 is 0 Å². The van der Waals surface area contributed by atoms with E-state index in [0.29, 0.717) is 33.5 Å². The second-order valence-corrected chi connectivity index (χ2v) is 7.25. The molecule has 8 nitrogen and oxygen atoms in total. The number of nitrogens with one attached hydrogen (secondary N) is 1. The highest BCUT2D eigenvalue weighted by Crippen LogP contribution is 2.34. The number of aromatic nitrogens is 1. The first kappa shape index (κ1) is 19.6. The average molecular weight is 423 g/mol. The Morgan fingerprint density at radius 1 is 1.03 bits per heavy atom. The van der Waals surface area contributed by atoms with Crippen molar-refractivity contribution in [2.75, 3.05) is 26.1 Å². The Labute approximate surface area is 176 Å². The summed E-state index contributed by atoms with van der Waals surface area (Å²) in [6.07, 6.45) is 0. The van der Waals surface area contributed by atoms with Gasteiger partial charge in [-0.05, 0) is 24.3 Å². The van der Waals surface area contributed by atoms with Gasteiger partial charge in [-0.1, -0.05) is 12.1 Å². The molecule has 0 unspecified atom stereocenters. The Morgan fingerprint density at radius 3 is 2.37 bits per heavy atom. The summed E-state index contributed by atoms with van der Waals surface area (Å²) in [4.78, 5) is 42.6. The molecule has 2 aromatic carbocycles. The van der Waals surface area contributed by atoms with Crippen LogP contribution in [0, 0.1) is 0 Å². The Hall–Kier alpha value is -3.72. The van der Waals surface area contributed by atoms with Crippen molar-refractivity contribution in [2.45, 2.75) is 0 Å². The normalized spacial score (nSPS) is 12.7. The molecule has 3 amide bonds. The fourth-order valence-electron chi connectivity index (χ4n) is 3.15. The number of thiazole rings is 1. The van der Waals surface area contributed by atoms with Gasteiger partial charge in [0, 0.05) is 17.0 Å². The van der Waals surface area contributed by atoms with Crippen molar-refractivity contribution >= 4 is 34.2 Å². The second-order valence-electron chi connectivity index (χ2n) is 6.39. The fourth-order valence-corrected chi connectivity index (χ4v) is 3.88. The summed E-state index contributed by atoms with van der Waals surface area (Å²) in [5.74, 6) is -0.224. The van der Waals surface area contributed by atoms with Crippen LogP contribution in [0.4, 0.5) is 5.13 Å². The van der Waals surface area contributed by atoms with Gasteiger partial charge in [0.25, 0.3) is 11.8 Å². The summed E-state index contributed by atoms with van der Waals surface area (Å²) < 4.78 is 10.6. The minimum absolute atomic E-state index is 0.304. The first-order chi connectivity index (χ1) is 14.5. The second kappa shape index (κ2) is 7.96. The standard InChI is InChI=1S/C21H17N3O5S/c1-28-12-7-8-15(17(9-12)29-2)16-11-30-21(22-16)23-18(25)10-24-19(26)13-5-3-4-6-14(13)20(24)27/h3-9,11H,10H2,1-2H3,(H,22,23,25). The molecule has 0 radical (unpaired) electrons. The number of anilines is 1. The third-order valence-corrected chi connectivity index (χ3v) is 5.37. The molecule has 0 fully saturated rings. The maximum atomic E-state index is 12.4. The molecule has 0 saturated carbocycles. The van der Waals surface area contributed by atoms with E-state index in [4.69, 9.17) is 9.47 Å². The Balaban J connectivity index is 1.47. The van der Waals surface area contributed by atoms with E-state index in [2.05, 4.69) is 10.3 Å². The number of imide groups is 1. The molecule has 30 heavy (non-hydrogen) atoms. The molecule has 1 N–H and O–H groups in total. The predicted octanol–water partition coefficient (Wildman–Crippen LogP) is 3.06. The van der Waals surface area contributed by atoms with Gasteiger partial charge in [0.1, 0.15) is 18.0 Å². The highest BCUT2D eigenvalue weighted by molar-refractivity contribution is 7.14. The number of hydrogen-bond acceptors (Lipinski definition) is 7. The Kier molecular flexibility index (Phi) is 5.20. The molecule has 2 heterocycles. The van der Waals surface area contributed by atoms with Crippen molar-refractivity contribution in [3.63, 3.8) is 0 Å². The molecule has 0 spiro atoms. The third-order valence-electron chi connectivity index (χ3n) is 4.62. The Bertz CT molecular complexity index is 1120. The number of carbonyl (C=O) groups excluding carboxylic acids is 3. The summed E-state index contributed by atoms with van der Waals surface area (Å²) >= 11 is 1.23. The van der Waals surface area contributed by atoms with Crippen molar-refractivity contribution in [3.8, 4) is 22.8 Å². The van der Waals surface area contributed by atoms with Crippen molar-refractivity contribution in [2.24, 2.45) is 0 Å². The van der Waals surface area contributed by atoms with E-state index in [0.717, 1.165) is 10.5 Å². The van der Waals surface area contributed by atoms with Crippen LogP contribution in [0.1, 0.15) is 20.7 Å². The van der Waals surface area contributed by atoms with Gasteiger partial charge in [0.15, 0.2) is 5.13 Å². The SMILES string of the molecule is COc1ccc(-c2csc(NC(=O)CN3C(=O)c4ccccc4C3=O)n2)c(OC)c1. The third kappa shape index (κ3) is 3.50. The minimum Gasteiger partial charge on any atom is -0.497 e. The van der Waals surface area contributed by atoms with Crippen LogP contribution in [0.15, 0.2) is 47.8 Å². The van der Waals surface area contributed by atoms with Crippen molar-refractivity contribution in [3.05, 3.63) is 59.0 Å². The van der Waals surface area contributed by atoms with Crippen molar-refractivity contribution < 1.29 is 23.9 Å². The lowest BCUT2D eigenvalue weighted by molar-refractivity contribution is -0.116. The lowest BCUT2D eigenvalue weighted by atomic mass is 10.1. The summed E-state index contributed by atoms with van der Waals surface area (Å²) in [6.45, 7) is -0.382. The molecule has 1 aromatic heterocycles. The van der Waals surface area contributed by atoms with Crippen LogP contribution in [-0.2, 0) is 4.79 Å². The molecule has 1 aliphatic rings. The Morgan fingerprint density at radius 2 is 1.73 bits per heavy atom. The zero-order chi connectivity index (χ0) is 21.3. The summed E-state index contributed by atoms with van der Waals surface area (Å²) in [7, 11) is 3.12. The van der Waals surface area contributed by atoms with Gasteiger partial charge < -0.3 is 14.8 Å². The maximum Gasteiger partial charge on any atom is 0.262 e. The van der Waals surface area contributed by atoms with Crippen LogP contribution in [0.25, 0.3) is 11.3 Å². The molecule has 9 heteroatoms. The summed E-state index contributed by atoms with van der Waals surface area (Å²) in [5.41, 5.74) is 1.97. The van der Waals surface area contributed by atoms with E-state index < -0.39 is 17.7 Å². The van der Waals surface area contributed by atoms with Crippen LogP contribution in [0.2, 0.25) is 0 Å². The molecule has 1 aliphatic heterocycles. The smallest absolute Gasteiger partial charge is 0.262 e. The predicted molar refractivity (Wildman–Crippen MR) is 111 cm³/mol. The highest BCUT2D eigenvalue weighted by atomic mass is 32.1. The minimum atomic E-state index is -0.507. The van der Waals surface area contributed by atoms with Gasteiger partial charge in [0.2, 0.25) is 5.91 Å². The van der Waals surface area contributed by atoms with Gasteiger partial charge in [0.05, 0.1) is 31.0 Å². The molecule has 3 aromatic rings. The quantitative estimate of drug-likeness (QED) is 0.612. The molecular weight excluding hydrogens is 406 g/mol. The number of amides is 3. The number of nitrogens with zero attached hydrogens (tertiary/aromatic N) is 2. The van der Waals surface area contributed by atoms with E-state index in [-0.39, 0.29) is 6.54 Å². The highest BCUT2D eigenvalue weighted by Gasteiger charge is 2.36. The number of fused-ring (bicyclic) bond motifs is 1. The molecule has 0 aliphatic carbocycles. The van der Waals surface area contributed by atoms with E-state index >= 15 is 0 Å². The van der Waals surface area contributed by atoms with Crippen LogP contribution in [0.5, 0.6) is 11.5 Å². The van der Waals surface area contributed by atoms with Crippen molar-refractivity contribution in [1.29, 1.82) is 0 Å². The lowest BCUT2D eigenvalue weighted by Gasteiger charge is -2.12. The zero-order valence-corrected chi connectivity index (χ0v) is 17.0.